The van der Waals surface area contributed by atoms with Crippen molar-refractivity contribution in [2.75, 3.05) is 7.11 Å². The van der Waals surface area contributed by atoms with Crippen LogP contribution < -0.4 is 0 Å². The van der Waals surface area contributed by atoms with Crippen LogP contribution in [0.15, 0.2) is 35.4 Å². The molecule has 1 heterocycles. The quantitative estimate of drug-likeness (QED) is 0.770. The minimum atomic E-state index is -0.510. The molecule has 1 amide bonds. The van der Waals surface area contributed by atoms with Crippen molar-refractivity contribution in [2.45, 2.75) is 19.6 Å². The lowest BCUT2D eigenvalue weighted by Crippen LogP contribution is -2.32. The molecule has 1 aromatic rings. The first kappa shape index (κ1) is 10.8. The zero-order valence-electron chi connectivity index (χ0n) is 9.38. The van der Waals surface area contributed by atoms with Gasteiger partial charge in [0.05, 0.1) is 12.3 Å². The molecule has 2 rings (SSSR count). The van der Waals surface area contributed by atoms with Gasteiger partial charge in [-0.15, -0.1) is 0 Å². The highest BCUT2D eigenvalue weighted by molar-refractivity contribution is 6.09. The Bertz CT molecular complexity index is 414. The van der Waals surface area contributed by atoms with E-state index in [9.17, 15) is 4.79 Å². The van der Waals surface area contributed by atoms with Gasteiger partial charge in [0.1, 0.15) is 0 Å². The minimum Gasteiger partial charge on any atom is -0.365 e. The number of hydrogen-bond acceptors (Lipinski definition) is 3. The van der Waals surface area contributed by atoms with Crippen molar-refractivity contribution in [3.05, 3.63) is 35.9 Å². The van der Waals surface area contributed by atoms with Crippen LogP contribution in [0.4, 0.5) is 0 Å². The molecule has 0 aliphatic carbocycles. The Morgan fingerprint density at radius 1 is 1.38 bits per heavy atom. The largest absolute Gasteiger partial charge is 0.365 e. The summed E-state index contributed by atoms with van der Waals surface area (Å²) < 4.78 is 5.08. The molecule has 1 unspecified atom stereocenters. The number of nitrogens with zero attached hydrogens (tertiary/aromatic N) is 2. The lowest BCUT2D eigenvalue weighted by atomic mass is 10.2. The van der Waals surface area contributed by atoms with Crippen LogP contribution in [0, 0.1) is 0 Å². The van der Waals surface area contributed by atoms with E-state index in [1.807, 2.05) is 30.3 Å². The third-order valence-corrected chi connectivity index (χ3v) is 2.55. The molecule has 84 valence electrons. The maximum absolute atomic E-state index is 11.8. The van der Waals surface area contributed by atoms with Crippen LogP contribution in [0.3, 0.4) is 0 Å². The van der Waals surface area contributed by atoms with Gasteiger partial charge in [-0.2, -0.15) is 5.10 Å². The minimum absolute atomic E-state index is 0.0937. The maximum atomic E-state index is 11.8. The molecule has 0 aromatic heterocycles. The number of carbonyl (C=O) groups excluding carboxylic acids is 1. The summed E-state index contributed by atoms with van der Waals surface area (Å²) in [5, 5.41) is 5.65. The molecule has 0 bridgehead atoms. The van der Waals surface area contributed by atoms with Gasteiger partial charge in [-0.05, 0) is 12.5 Å². The lowest BCUT2D eigenvalue weighted by Gasteiger charge is -2.13. The Morgan fingerprint density at radius 3 is 2.62 bits per heavy atom. The smallest absolute Gasteiger partial charge is 0.278 e. The summed E-state index contributed by atoms with van der Waals surface area (Å²) in [5.41, 5.74) is 1.77. The van der Waals surface area contributed by atoms with Gasteiger partial charge in [-0.1, -0.05) is 30.3 Å². The number of carbonyl (C=O) groups is 1. The number of hydrogen-bond donors (Lipinski definition) is 0. The van der Waals surface area contributed by atoms with Gasteiger partial charge in [0.15, 0.2) is 6.10 Å². The van der Waals surface area contributed by atoms with E-state index in [1.54, 1.807) is 6.92 Å². The molecule has 0 radical (unpaired) electrons. The lowest BCUT2D eigenvalue weighted by molar-refractivity contribution is -0.136. The van der Waals surface area contributed by atoms with Crippen molar-refractivity contribution < 1.29 is 9.53 Å². The van der Waals surface area contributed by atoms with Crippen molar-refractivity contribution in [1.29, 1.82) is 0 Å². The van der Waals surface area contributed by atoms with Crippen LogP contribution >= 0.6 is 0 Å². The molecule has 0 saturated heterocycles. The van der Waals surface area contributed by atoms with Gasteiger partial charge in [-0.3, -0.25) is 4.79 Å². The highest BCUT2D eigenvalue weighted by atomic mass is 16.5. The summed E-state index contributed by atoms with van der Waals surface area (Å²) >= 11 is 0. The van der Waals surface area contributed by atoms with E-state index in [2.05, 4.69) is 5.10 Å². The predicted molar refractivity (Wildman–Crippen MR) is 60.9 cm³/mol. The van der Waals surface area contributed by atoms with Crippen molar-refractivity contribution in [3.8, 4) is 0 Å². The molecule has 0 saturated carbocycles. The van der Waals surface area contributed by atoms with E-state index in [0.29, 0.717) is 12.3 Å². The number of benzene rings is 1. The van der Waals surface area contributed by atoms with Crippen LogP contribution in [0.25, 0.3) is 0 Å². The maximum Gasteiger partial charge on any atom is 0.278 e. The fourth-order valence-electron chi connectivity index (χ4n) is 1.75. The van der Waals surface area contributed by atoms with Crippen LogP contribution in [0.1, 0.15) is 12.5 Å². The Labute approximate surface area is 94.5 Å². The Hall–Kier alpha value is -1.68. The van der Waals surface area contributed by atoms with Gasteiger partial charge < -0.3 is 4.74 Å². The van der Waals surface area contributed by atoms with E-state index in [1.165, 1.54) is 12.1 Å². The van der Waals surface area contributed by atoms with Crippen molar-refractivity contribution >= 4 is 11.6 Å². The second-order valence-corrected chi connectivity index (χ2v) is 3.74. The van der Waals surface area contributed by atoms with Crippen LogP contribution in [-0.4, -0.2) is 29.8 Å². The monoisotopic (exact) mass is 218 g/mol. The second kappa shape index (κ2) is 4.45. The fraction of sp³-hybridized carbons (Fsp3) is 0.333. The second-order valence-electron chi connectivity index (χ2n) is 3.74. The molecule has 4 nitrogen and oxygen atoms in total. The summed E-state index contributed by atoms with van der Waals surface area (Å²) in [6, 6.07) is 9.78. The van der Waals surface area contributed by atoms with Gasteiger partial charge in [-0.25, -0.2) is 5.01 Å². The van der Waals surface area contributed by atoms with E-state index in [0.717, 1.165) is 5.56 Å². The molecule has 1 aromatic carbocycles. The van der Waals surface area contributed by atoms with Crippen molar-refractivity contribution in [2.24, 2.45) is 5.10 Å². The van der Waals surface area contributed by atoms with Crippen LogP contribution in [0.5, 0.6) is 0 Å². The van der Waals surface area contributed by atoms with E-state index < -0.39 is 6.10 Å². The average molecular weight is 218 g/mol. The SMILES string of the molecule is COC1C(=O)N(Cc2ccccc2)N=C1C. The molecule has 0 N–H and O–H groups in total. The van der Waals surface area contributed by atoms with Gasteiger partial charge in [0, 0.05) is 7.11 Å². The van der Waals surface area contributed by atoms with E-state index in [-0.39, 0.29) is 5.91 Å². The zero-order valence-corrected chi connectivity index (χ0v) is 9.38. The molecular formula is C12H14N2O2. The fourth-order valence-corrected chi connectivity index (χ4v) is 1.75. The standard InChI is InChI=1S/C12H14N2O2/c1-9-11(16-2)12(15)14(13-9)8-10-6-4-3-5-7-10/h3-7,11H,8H2,1-2H3. The third kappa shape index (κ3) is 1.97. The summed E-state index contributed by atoms with van der Waals surface area (Å²) in [6.45, 7) is 2.30. The summed E-state index contributed by atoms with van der Waals surface area (Å²) in [4.78, 5) is 11.8. The normalized spacial score (nSPS) is 20.1. The van der Waals surface area contributed by atoms with Crippen molar-refractivity contribution in [1.82, 2.24) is 5.01 Å². The first-order chi connectivity index (χ1) is 7.72. The Morgan fingerprint density at radius 2 is 2.06 bits per heavy atom. The first-order valence-electron chi connectivity index (χ1n) is 5.15. The third-order valence-electron chi connectivity index (χ3n) is 2.55. The molecule has 16 heavy (non-hydrogen) atoms. The number of methoxy groups -OCH3 is 1. The van der Waals surface area contributed by atoms with Gasteiger partial charge in [0.25, 0.3) is 5.91 Å². The number of amides is 1. The first-order valence-corrected chi connectivity index (χ1v) is 5.15. The molecule has 0 spiro atoms. The number of ether oxygens (including phenoxy) is 1. The topological polar surface area (TPSA) is 41.9 Å². The average Bonchev–Trinajstić information content (AvgIpc) is 2.55. The number of hydrazone groups is 1. The molecule has 0 fully saturated rings. The molecular weight excluding hydrogens is 204 g/mol. The molecule has 1 atom stereocenters. The van der Waals surface area contributed by atoms with E-state index in [4.69, 9.17) is 4.74 Å². The van der Waals surface area contributed by atoms with E-state index >= 15 is 0 Å². The predicted octanol–water partition coefficient (Wildman–Crippen LogP) is 1.42. The van der Waals surface area contributed by atoms with Gasteiger partial charge in [0.2, 0.25) is 0 Å². The highest BCUT2D eigenvalue weighted by Gasteiger charge is 2.33. The summed E-state index contributed by atoms with van der Waals surface area (Å²) in [6.07, 6.45) is -0.510. The van der Waals surface area contributed by atoms with Gasteiger partial charge >= 0.3 is 0 Å². The van der Waals surface area contributed by atoms with Crippen molar-refractivity contribution in [3.63, 3.8) is 0 Å². The molecule has 4 heteroatoms. The number of rotatable bonds is 3. The van der Waals surface area contributed by atoms with Crippen LogP contribution in [0.2, 0.25) is 0 Å². The summed E-state index contributed by atoms with van der Waals surface area (Å²) in [7, 11) is 1.52. The van der Waals surface area contributed by atoms with Crippen LogP contribution in [-0.2, 0) is 16.1 Å². The zero-order chi connectivity index (χ0) is 11.5. The Kier molecular flexibility index (Phi) is 3.01. The molecule has 1 aliphatic heterocycles. The summed E-state index contributed by atoms with van der Waals surface area (Å²) in [5.74, 6) is -0.0937. The Balaban J connectivity index is 2.11. The molecule has 1 aliphatic rings. The highest BCUT2D eigenvalue weighted by Crippen LogP contribution is 2.15.